The topological polar surface area (TPSA) is 53.7 Å². The van der Waals surface area contributed by atoms with Gasteiger partial charge in [0.15, 0.2) is 0 Å². The van der Waals surface area contributed by atoms with Gasteiger partial charge in [0.1, 0.15) is 0 Å². The van der Waals surface area contributed by atoms with E-state index in [2.05, 4.69) is 22.0 Å². The quantitative estimate of drug-likeness (QED) is 0.682. The summed E-state index contributed by atoms with van der Waals surface area (Å²) in [6.07, 6.45) is 23.1. The van der Waals surface area contributed by atoms with E-state index in [1.165, 1.54) is 24.8 Å². The van der Waals surface area contributed by atoms with Gasteiger partial charge >= 0.3 is 0 Å². The lowest BCUT2D eigenvalue weighted by molar-refractivity contribution is -0.122. The Morgan fingerprint density at radius 1 is 1.09 bits per heavy atom. The fourth-order valence-electron chi connectivity index (χ4n) is 5.15. The Bertz CT molecular complexity index is 1360. The van der Waals surface area contributed by atoms with Gasteiger partial charge in [-0.1, -0.05) is 30.7 Å². The van der Waals surface area contributed by atoms with Crippen LogP contribution in [0.1, 0.15) is 42.8 Å². The number of aromatic nitrogens is 3. The maximum Gasteiger partial charge on any atom is 0.255 e. The van der Waals surface area contributed by atoms with Gasteiger partial charge in [-0.05, 0) is 62.5 Å². The fourth-order valence-corrected chi connectivity index (χ4v) is 5.15. The molecule has 0 aromatic carbocycles. The lowest BCUT2D eigenvalue weighted by Crippen LogP contribution is -2.42. The number of allylic oxidation sites excluding steroid dienone is 7. The molecule has 1 aliphatic carbocycles. The Morgan fingerprint density at radius 2 is 1.97 bits per heavy atom. The van der Waals surface area contributed by atoms with E-state index in [4.69, 9.17) is 5.10 Å². The Balaban J connectivity index is 1.28. The van der Waals surface area contributed by atoms with Crippen LogP contribution in [-0.4, -0.2) is 49.4 Å². The molecule has 6 heteroatoms. The maximum atomic E-state index is 13.4. The molecule has 1 saturated carbocycles. The van der Waals surface area contributed by atoms with Crippen molar-refractivity contribution >= 4 is 17.0 Å². The van der Waals surface area contributed by atoms with Crippen molar-refractivity contribution in [3.8, 4) is 0 Å². The van der Waals surface area contributed by atoms with Crippen molar-refractivity contribution in [2.45, 2.75) is 45.6 Å². The maximum absolute atomic E-state index is 13.4. The van der Waals surface area contributed by atoms with Crippen LogP contribution in [0.25, 0.3) is 11.1 Å². The number of carbonyl (C=O) groups is 1. The van der Waals surface area contributed by atoms with E-state index in [1.807, 2.05) is 61.1 Å². The summed E-state index contributed by atoms with van der Waals surface area (Å²) in [6, 6.07) is 2.77. The van der Waals surface area contributed by atoms with Crippen molar-refractivity contribution in [1.29, 1.82) is 0 Å². The van der Waals surface area contributed by atoms with Gasteiger partial charge in [-0.2, -0.15) is 5.10 Å². The monoisotopic (exact) mass is 451 g/mol. The third kappa shape index (κ3) is 3.78. The first-order chi connectivity index (χ1) is 16.5. The van der Waals surface area contributed by atoms with Gasteiger partial charge in [0.05, 0.1) is 28.8 Å². The number of hydrogen-bond acceptors (Lipinski definition) is 4. The lowest BCUT2D eigenvalue weighted by atomic mass is 9.89. The molecule has 3 aliphatic heterocycles. The lowest BCUT2D eigenvalue weighted by Gasteiger charge is -2.39. The summed E-state index contributed by atoms with van der Waals surface area (Å²) in [5.41, 5.74) is 7.67. The molecule has 1 fully saturated rings. The highest BCUT2D eigenvalue weighted by Gasteiger charge is 2.27. The van der Waals surface area contributed by atoms with Crippen molar-refractivity contribution in [2.24, 2.45) is 0 Å². The predicted octanol–water partition coefficient (Wildman–Crippen LogP) is 4.65. The zero-order chi connectivity index (χ0) is 23.2. The molecule has 2 aromatic heterocycles. The summed E-state index contributed by atoms with van der Waals surface area (Å²) < 4.78 is 1.84. The van der Waals surface area contributed by atoms with Crippen LogP contribution in [0.3, 0.4) is 0 Å². The van der Waals surface area contributed by atoms with Gasteiger partial charge in [-0.25, -0.2) is 4.52 Å². The van der Waals surface area contributed by atoms with Crippen LogP contribution in [0.5, 0.6) is 0 Å². The summed E-state index contributed by atoms with van der Waals surface area (Å²) in [7, 11) is 0. The highest BCUT2D eigenvalue weighted by atomic mass is 16.2. The Kier molecular flexibility index (Phi) is 5.18. The molecular weight excluding hydrogens is 422 g/mol. The first-order valence-corrected chi connectivity index (χ1v) is 12.2. The van der Waals surface area contributed by atoms with Crippen LogP contribution in [0.2, 0.25) is 0 Å². The van der Waals surface area contributed by atoms with E-state index < -0.39 is 0 Å². The van der Waals surface area contributed by atoms with Crippen molar-refractivity contribution in [3.05, 3.63) is 94.9 Å². The molecule has 34 heavy (non-hydrogen) atoms. The highest BCUT2D eigenvalue weighted by Crippen LogP contribution is 2.31. The summed E-state index contributed by atoms with van der Waals surface area (Å²) in [4.78, 5) is 22.2. The average molecular weight is 452 g/mol. The van der Waals surface area contributed by atoms with Gasteiger partial charge in [0, 0.05) is 42.7 Å². The second-order valence-corrected chi connectivity index (χ2v) is 9.56. The second-order valence-electron chi connectivity index (χ2n) is 9.56. The molecule has 0 saturated heterocycles. The van der Waals surface area contributed by atoms with E-state index in [9.17, 15) is 4.79 Å². The minimum atomic E-state index is -0.0666. The normalized spacial score (nSPS) is 25.4. The smallest absolute Gasteiger partial charge is 0.255 e. The van der Waals surface area contributed by atoms with E-state index in [-0.39, 0.29) is 5.91 Å². The molecule has 172 valence electrons. The van der Waals surface area contributed by atoms with Crippen LogP contribution in [0.4, 0.5) is 0 Å². The minimum Gasteiger partial charge on any atom is -0.296 e. The van der Waals surface area contributed by atoms with Crippen molar-refractivity contribution in [2.75, 3.05) is 13.1 Å². The van der Waals surface area contributed by atoms with E-state index in [0.29, 0.717) is 0 Å². The molecule has 0 bridgehead atoms. The van der Waals surface area contributed by atoms with E-state index in [0.717, 1.165) is 65.0 Å². The van der Waals surface area contributed by atoms with E-state index in [1.54, 1.807) is 11.0 Å². The van der Waals surface area contributed by atoms with Gasteiger partial charge in [-0.15, -0.1) is 0 Å². The molecule has 2 aromatic rings. The first-order valence-electron chi connectivity index (χ1n) is 12.2. The molecule has 0 spiro atoms. The van der Waals surface area contributed by atoms with Crippen LogP contribution in [-0.2, 0) is 4.79 Å². The number of amides is 1. The van der Waals surface area contributed by atoms with Gasteiger partial charge < -0.3 is 0 Å². The summed E-state index contributed by atoms with van der Waals surface area (Å²) in [6.45, 7) is 6.05. The third-order valence-corrected chi connectivity index (χ3v) is 7.30. The summed E-state index contributed by atoms with van der Waals surface area (Å²) in [5.74, 6) is -0.0666. The first kappa shape index (κ1) is 21.1. The molecule has 1 amide bonds. The third-order valence-electron chi connectivity index (χ3n) is 7.30. The molecule has 0 N–H and O–H groups in total. The number of carbonyl (C=O) groups excluding carboxylic acids is 1. The van der Waals surface area contributed by atoms with Crippen LogP contribution < -0.4 is 0 Å². The predicted molar refractivity (Wildman–Crippen MR) is 134 cm³/mol. The van der Waals surface area contributed by atoms with Crippen LogP contribution >= 0.6 is 0 Å². The van der Waals surface area contributed by atoms with Crippen molar-refractivity contribution < 1.29 is 4.79 Å². The molecule has 0 atom stereocenters. The molecule has 4 aliphatic rings. The Hall–Kier alpha value is -3.51. The molecular formula is C28H29N5O. The summed E-state index contributed by atoms with van der Waals surface area (Å²) >= 11 is 0. The highest BCUT2D eigenvalue weighted by molar-refractivity contribution is 5.99. The zero-order valence-corrected chi connectivity index (χ0v) is 19.7. The number of nitrogens with zero attached hydrogens (tertiary/aromatic N) is 5. The van der Waals surface area contributed by atoms with Crippen molar-refractivity contribution in [1.82, 2.24) is 24.4 Å². The van der Waals surface area contributed by atoms with Crippen LogP contribution in [0, 0.1) is 13.8 Å². The standard InChI is InChI=1S/C28H29N5O/c1-19-17-33-27(20(2)29-19)16-26(30-33)22-5-3-8-25-10-9-23(18-32(25)28(34)15-22)21-11-13-31(14-12-21)24-6-4-7-24/h3,5,8-11,15-18,24H,4,6-7,12-14H2,1-2H3/b5-3+,22-15+,25-8+. The largest absolute Gasteiger partial charge is 0.296 e. The molecule has 0 radical (unpaired) electrons. The zero-order valence-electron chi connectivity index (χ0n) is 19.7. The fraction of sp³-hybridized carbons (Fsp3) is 0.321. The van der Waals surface area contributed by atoms with Crippen molar-refractivity contribution in [3.63, 3.8) is 0 Å². The van der Waals surface area contributed by atoms with Gasteiger partial charge in [0.2, 0.25) is 0 Å². The average Bonchev–Trinajstić information content (AvgIpc) is 3.21. The van der Waals surface area contributed by atoms with E-state index >= 15 is 0 Å². The summed E-state index contributed by atoms with van der Waals surface area (Å²) in [5, 5.41) is 4.71. The number of hydrogen-bond donors (Lipinski definition) is 0. The molecule has 0 unspecified atom stereocenters. The Morgan fingerprint density at radius 3 is 2.74 bits per heavy atom. The number of aryl methyl sites for hydroxylation is 2. The SMILES string of the molecule is Cc1cn2nc(C3=C\C(=O)N4C=C(C5=CCN(C6CCC6)CC5)C=C\C4=C/C=C/3)cc2c(C)n1. The second kappa shape index (κ2) is 8.37. The molecule has 6 rings (SSSR count). The molecule has 6 nitrogen and oxygen atoms in total. The number of rotatable bonds is 3. The number of fused-ring (bicyclic) bond motifs is 2. The molecule has 5 heterocycles. The Labute approximate surface area is 200 Å². The van der Waals surface area contributed by atoms with Crippen LogP contribution in [0.15, 0.2) is 77.8 Å². The van der Waals surface area contributed by atoms with Gasteiger partial charge in [0.25, 0.3) is 5.91 Å². The minimum absolute atomic E-state index is 0.0666. The van der Waals surface area contributed by atoms with Gasteiger partial charge in [-0.3, -0.25) is 19.6 Å².